The van der Waals surface area contributed by atoms with Gasteiger partial charge >= 0.3 is 0 Å². The topological polar surface area (TPSA) is 83.1 Å². The van der Waals surface area contributed by atoms with Crippen molar-refractivity contribution in [3.8, 4) is 0 Å². The number of para-hydroxylation sites is 1. The highest BCUT2D eigenvalue weighted by molar-refractivity contribution is 6.01. The Morgan fingerprint density at radius 3 is 2.95 bits per heavy atom. The molecule has 1 saturated heterocycles. The molecule has 2 heterocycles. The number of hydrogen-bond donors (Lipinski definition) is 3. The van der Waals surface area contributed by atoms with Crippen LogP contribution in [0.5, 0.6) is 0 Å². The average molecular weight is 298 g/mol. The van der Waals surface area contributed by atoms with Crippen LogP contribution in [0.4, 0.5) is 5.69 Å². The quantitative estimate of drug-likeness (QED) is 0.787. The molecule has 3 rings (SSSR count). The van der Waals surface area contributed by atoms with E-state index in [1.807, 2.05) is 24.3 Å². The van der Waals surface area contributed by atoms with Crippen LogP contribution >= 0.6 is 0 Å². The number of carbonyl (C=O) groups excluding carboxylic acids is 2. The van der Waals surface area contributed by atoms with Gasteiger partial charge in [0, 0.05) is 11.6 Å². The van der Waals surface area contributed by atoms with Gasteiger partial charge in [0.15, 0.2) is 0 Å². The van der Waals surface area contributed by atoms with E-state index in [0.29, 0.717) is 5.69 Å². The van der Waals surface area contributed by atoms with Gasteiger partial charge in [0.2, 0.25) is 11.8 Å². The zero-order chi connectivity index (χ0) is 15.4. The normalized spacial score (nSPS) is 17.4. The number of hydrogen-bond acceptors (Lipinski definition) is 4. The van der Waals surface area contributed by atoms with Crippen LogP contribution in [0.2, 0.25) is 0 Å². The van der Waals surface area contributed by atoms with Crippen LogP contribution in [-0.4, -0.2) is 35.9 Å². The van der Waals surface area contributed by atoms with Gasteiger partial charge in [-0.15, -0.1) is 0 Å². The van der Waals surface area contributed by atoms with E-state index in [-0.39, 0.29) is 24.4 Å². The number of benzene rings is 1. The predicted molar refractivity (Wildman–Crippen MR) is 84.4 cm³/mol. The molecule has 0 spiro atoms. The first kappa shape index (κ1) is 14.5. The number of rotatable bonds is 4. The Morgan fingerprint density at radius 1 is 1.27 bits per heavy atom. The monoisotopic (exact) mass is 298 g/mol. The summed E-state index contributed by atoms with van der Waals surface area (Å²) in [5, 5.41) is 9.51. The zero-order valence-corrected chi connectivity index (χ0v) is 12.1. The number of nitrogens with zero attached hydrogens (tertiary/aromatic N) is 1. The maximum atomic E-state index is 12.0. The van der Waals surface area contributed by atoms with Crippen LogP contribution in [0, 0.1) is 0 Å². The first-order chi connectivity index (χ1) is 10.7. The number of aromatic nitrogens is 1. The molecule has 6 nitrogen and oxygen atoms in total. The summed E-state index contributed by atoms with van der Waals surface area (Å²) >= 11 is 0. The standard InChI is InChI=1S/C16H18N4O2/c21-14(10-19-16(22)13-7-3-8-17-13)20-12-6-1-4-11-5-2-9-18-15(11)12/h1-2,4-6,9,13,17H,3,7-8,10H2,(H,19,22)(H,20,21). The summed E-state index contributed by atoms with van der Waals surface area (Å²) in [6.07, 6.45) is 3.50. The maximum absolute atomic E-state index is 12.0. The van der Waals surface area contributed by atoms with E-state index >= 15 is 0 Å². The lowest BCUT2D eigenvalue weighted by Gasteiger charge is -2.12. The van der Waals surface area contributed by atoms with Crippen LogP contribution in [0.25, 0.3) is 10.9 Å². The molecule has 1 aromatic heterocycles. The van der Waals surface area contributed by atoms with Gasteiger partial charge in [-0.3, -0.25) is 14.6 Å². The molecule has 0 saturated carbocycles. The predicted octanol–water partition coefficient (Wildman–Crippen LogP) is 1.04. The summed E-state index contributed by atoms with van der Waals surface area (Å²) in [6, 6.07) is 9.21. The van der Waals surface area contributed by atoms with E-state index in [4.69, 9.17) is 0 Å². The molecule has 3 N–H and O–H groups in total. The minimum absolute atomic E-state index is 0.0414. The van der Waals surface area contributed by atoms with Crippen LogP contribution in [0.3, 0.4) is 0 Å². The molecule has 0 bridgehead atoms. The van der Waals surface area contributed by atoms with E-state index in [0.717, 1.165) is 30.3 Å². The van der Waals surface area contributed by atoms with Gasteiger partial charge in [-0.05, 0) is 31.5 Å². The van der Waals surface area contributed by atoms with Crippen molar-refractivity contribution >= 4 is 28.4 Å². The smallest absolute Gasteiger partial charge is 0.243 e. The maximum Gasteiger partial charge on any atom is 0.243 e. The summed E-state index contributed by atoms with van der Waals surface area (Å²) in [6.45, 7) is 0.812. The lowest BCUT2D eigenvalue weighted by Crippen LogP contribution is -2.43. The van der Waals surface area contributed by atoms with Gasteiger partial charge in [0.05, 0.1) is 23.8 Å². The number of carbonyl (C=O) groups is 2. The van der Waals surface area contributed by atoms with E-state index in [9.17, 15) is 9.59 Å². The number of amides is 2. The fourth-order valence-electron chi connectivity index (χ4n) is 2.60. The van der Waals surface area contributed by atoms with Gasteiger partial charge in [0.25, 0.3) is 0 Å². The molecule has 0 aliphatic carbocycles. The first-order valence-corrected chi connectivity index (χ1v) is 7.39. The first-order valence-electron chi connectivity index (χ1n) is 7.39. The highest BCUT2D eigenvalue weighted by Gasteiger charge is 2.22. The molecule has 6 heteroatoms. The van der Waals surface area contributed by atoms with Crippen molar-refractivity contribution in [3.05, 3.63) is 36.5 Å². The minimum atomic E-state index is -0.260. The molecule has 1 fully saturated rings. The van der Waals surface area contributed by atoms with Crippen molar-refractivity contribution in [1.29, 1.82) is 0 Å². The molecule has 0 radical (unpaired) electrons. The Morgan fingerprint density at radius 2 is 2.14 bits per heavy atom. The summed E-state index contributed by atoms with van der Waals surface area (Å²) in [5.74, 6) is -0.381. The van der Waals surface area contributed by atoms with Crippen molar-refractivity contribution in [1.82, 2.24) is 15.6 Å². The van der Waals surface area contributed by atoms with Crippen molar-refractivity contribution < 1.29 is 9.59 Å². The molecule has 2 aromatic rings. The Balaban J connectivity index is 1.60. The Labute approximate surface area is 128 Å². The molecule has 1 atom stereocenters. The molecule has 22 heavy (non-hydrogen) atoms. The van der Waals surface area contributed by atoms with Crippen molar-refractivity contribution in [2.75, 3.05) is 18.4 Å². The summed E-state index contributed by atoms with van der Waals surface area (Å²) < 4.78 is 0. The summed E-state index contributed by atoms with van der Waals surface area (Å²) in [7, 11) is 0. The summed E-state index contributed by atoms with van der Waals surface area (Å²) in [4.78, 5) is 28.1. The van der Waals surface area contributed by atoms with Gasteiger partial charge in [-0.2, -0.15) is 0 Å². The number of pyridine rings is 1. The fourth-order valence-corrected chi connectivity index (χ4v) is 2.60. The van der Waals surface area contributed by atoms with Crippen molar-refractivity contribution in [2.45, 2.75) is 18.9 Å². The van der Waals surface area contributed by atoms with Crippen LogP contribution in [-0.2, 0) is 9.59 Å². The number of fused-ring (bicyclic) bond motifs is 1. The van der Waals surface area contributed by atoms with E-state index < -0.39 is 0 Å². The largest absolute Gasteiger partial charge is 0.346 e. The SMILES string of the molecule is O=C(CNC(=O)C1CCCN1)Nc1cccc2cccnc12. The second-order valence-corrected chi connectivity index (χ2v) is 5.30. The Kier molecular flexibility index (Phi) is 4.29. The van der Waals surface area contributed by atoms with Crippen molar-refractivity contribution in [3.63, 3.8) is 0 Å². The second-order valence-electron chi connectivity index (χ2n) is 5.30. The fraction of sp³-hybridized carbons (Fsp3) is 0.312. The van der Waals surface area contributed by atoms with E-state index in [1.54, 1.807) is 12.3 Å². The molecule has 2 amide bonds. The van der Waals surface area contributed by atoms with Crippen LogP contribution in [0.15, 0.2) is 36.5 Å². The average Bonchev–Trinajstić information content (AvgIpc) is 3.07. The summed E-state index contributed by atoms with van der Waals surface area (Å²) in [5.41, 5.74) is 1.39. The third-order valence-corrected chi connectivity index (χ3v) is 3.71. The molecular weight excluding hydrogens is 280 g/mol. The van der Waals surface area contributed by atoms with Crippen LogP contribution in [0.1, 0.15) is 12.8 Å². The Bertz CT molecular complexity index is 690. The molecule has 1 unspecified atom stereocenters. The second kappa shape index (κ2) is 6.53. The van der Waals surface area contributed by atoms with Gasteiger partial charge in [-0.1, -0.05) is 18.2 Å². The van der Waals surface area contributed by atoms with Gasteiger partial charge < -0.3 is 16.0 Å². The molecule has 1 aromatic carbocycles. The third kappa shape index (κ3) is 3.23. The zero-order valence-electron chi connectivity index (χ0n) is 12.1. The molecule has 1 aliphatic rings. The van der Waals surface area contributed by atoms with Crippen LogP contribution < -0.4 is 16.0 Å². The van der Waals surface area contributed by atoms with Gasteiger partial charge in [-0.25, -0.2) is 0 Å². The third-order valence-electron chi connectivity index (χ3n) is 3.71. The molecular formula is C16H18N4O2. The number of anilines is 1. The van der Waals surface area contributed by atoms with Gasteiger partial charge in [0.1, 0.15) is 0 Å². The highest BCUT2D eigenvalue weighted by atomic mass is 16.2. The molecule has 114 valence electrons. The number of nitrogens with one attached hydrogen (secondary N) is 3. The van der Waals surface area contributed by atoms with Crippen molar-refractivity contribution in [2.24, 2.45) is 0 Å². The minimum Gasteiger partial charge on any atom is -0.346 e. The lowest BCUT2D eigenvalue weighted by atomic mass is 10.2. The van der Waals surface area contributed by atoms with E-state index in [2.05, 4.69) is 20.9 Å². The lowest BCUT2D eigenvalue weighted by molar-refractivity contribution is -0.125. The Hall–Kier alpha value is -2.47. The highest BCUT2D eigenvalue weighted by Crippen LogP contribution is 2.20. The molecule has 1 aliphatic heterocycles. The van der Waals surface area contributed by atoms with E-state index in [1.165, 1.54) is 0 Å².